The standard InChI is InChI=1S/C17H12N4.H3O3P/c1-2-4-13(5-3-1)17-19-11-14-10-15(6-7-16(14)20-17)21-9-8-18-12-21;1-4(2)3/h1-12H;4H,(H2,1,2,3). The van der Waals surface area contributed by atoms with Crippen LogP contribution in [0.2, 0.25) is 0 Å². The van der Waals surface area contributed by atoms with Gasteiger partial charge in [0.1, 0.15) is 0 Å². The lowest BCUT2D eigenvalue weighted by Gasteiger charge is -2.05. The van der Waals surface area contributed by atoms with Gasteiger partial charge in [0.15, 0.2) is 5.82 Å². The average molecular weight is 354 g/mol. The van der Waals surface area contributed by atoms with Crippen LogP contribution in [0.4, 0.5) is 0 Å². The van der Waals surface area contributed by atoms with Crippen LogP contribution in [0.15, 0.2) is 73.4 Å². The Hall–Kier alpha value is -2.86. The van der Waals surface area contributed by atoms with Gasteiger partial charge in [0.05, 0.1) is 11.8 Å². The maximum absolute atomic E-state index is 8.74. The maximum atomic E-state index is 8.74. The van der Waals surface area contributed by atoms with E-state index in [0.717, 1.165) is 28.0 Å². The highest BCUT2D eigenvalue weighted by Crippen LogP contribution is 2.20. The third-order valence-corrected chi connectivity index (χ3v) is 3.40. The van der Waals surface area contributed by atoms with E-state index in [-0.39, 0.29) is 0 Å². The van der Waals surface area contributed by atoms with Crippen LogP contribution in [0, 0.1) is 0 Å². The summed E-state index contributed by atoms with van der Waals surface area (Å²) in [5.41, 5.74) is 3.02. The predicted octanol–water partition coefficient (Wildman–Crippen LogP) is 2.84. The topological polar surface area (TPSA) is 101 Å². The van der Waals surface area contributed by atoms with E-state index < -0.39 is 8.25 Å². The van der Waals surface area contributed by atoms with Crippen molar-refractivity contribution in [2.45, 2.75) is 0 Å². The fourth-order valence-corrected chi connectivity index (χ4v) is 2.32. The number of fused-ring (bicyclic) bond motifs is 1. The van der Waals surface area contributed by atoms with Crippen LogP contribution in [-0.2, 0) is 4.57 Å². The molecule has 0 saturated carbocycles. The number of imidazole rings is 1. The molecule has 0 fully saturated rings. The molecule has 8 heteroatoms. The zero-order valence-corrected chi connectivity index (χ0v) is 14.0. The zero-order chi connectivity index (χ0) is 17.6. The van der Waals surface area contributed by atoms with Gasteiger partial charge in [-0.3, -0.25) is 4.57 Å². The predicted molar refractivity (Wildman–Crippen MR) is 95.5 cm³/mol. The van der Waals surface area contributed by atoms with E-state index in [0.29, 0.717) is 0 Å². The van der Waals surface area contributed by atoms with Crippen LogP contribution in [0.1, 0.15) is 0 Å². The maximum Gasteiger partial charge on any atom is 0.314 e. The van der Waals surface area contributed by atoms with Crippen molar-refractivity contribution in [3.05, 3.63) is 73.4 Å². The molecule has 0 aliphatic carbocycles. The van der Waals surface area contributed by atoms with Crippen LogP contribution in [0.25, 0.3) is 28.0 Å². The van der Waals surface area contributed by atoms with Gasteiger partial charge in [-0.1, -0.05) is 30.3 Å². The van der Waals surface area contributed by atoms with Gasteiger partial charge in [-0.05, 0) is 18.2 Å². The first-order chi connectivity index (χ1) is 12.1. The molecule has 2 aromatic heterocycles. The van der Waals surface area contributed by atoms with Gasteiger partial charge in [0.25, 0.3) is 0 Å². The average Bonchev–Trinajstić information content (AvgIpc) is 3.16. The minimum atomic E-state index is -3.13. The lowest BCUT2D eigenvalue weighted by Crippen LogP contribution is -1.93. The summed E-state index contributed by atoms with van der Waals surface area (Å²) in [6.07, 6.45) is 7.32. The summed E-state index contributed by atoms with van der Waals surface area (Å²) >= 11 is 0. The molecule has 0 unspecified atom stereocenters. The van der Waals surface area contributed by atoms with Gasteiger partial charge in [0.2, 0.25) is 0 Å². The van der Waals surface area contributed by atoms with Gasteiger partial charge >= 0.3 is 8.25 Å². The van der Waals surface area contributed by atoms with Crippen molar-refractivity contribution in [2.75, 3.05) is 0 Å². The molecule has 0 saturated heterocycles. The highest BCUT2D eigenvalue weighted by molar-refractivity contribution is 7.30. The second-order valence-electron chi connectivity index (χ2n) is 5.06. The highest BCUT2D eigenvalue weighted by atomic mass is 31.1. The Balaban J connectivity index is 0.000000415. The Kier molecular flexibility index (Phi) is 5.30. The van der Waals surface area contributed by atoms with Gasteiger partial charge < -0.3 is 14.4 Å². The van der Waals surface area contributed by atoms with Crippen LogP contribution in [-0.4, -0.2) is 29.3 Å². The Morgan fingerprint density at radius 2 is 1.80 bits per heavy atom. The van der Waals surface area contributed by atoms with Crippen LogP contribution in [0.3, 0.4) is 0 Å². The summed E-state index contributed by atoms with van der Waals surface area (Å²) in [6, 6.07) is 16.1. The molecule has 126 valence electrons. The summed E-state index contributed by atoms with van der Waals surface area (Å²) in [7, 11) is -3.13. The molecule has 25 heavy (non-hydrogen) atoms. The summed E-state index contributed by atoms with van der Waals surface area (Å²) < 4.78 is 10.7. The van der Waals surface area contributed by atoms with E-state index in [9.17, 15) is 0 Å². The molecule has 0 amide bonds. The Labute approximate surface area is 144 Å². The van der Waals surface area contributed by atoms with Crippen molar-refractivity contribution >= 4 is 19.2 Å². The summed E-state index contributed by atoms with van der Waals surface area (Å²) in [4.78, 5) is 27.5. The van der Waals surface area contributed by atoms with Crippen molar-refractivity contribution in [1.29, 1.82) is 0 Å². The minimum Gasteiger partial charge on any atom is -0.326 e. The molecular weight excluding hydrogens is 339 g/mol. The second-order valence-corrected chi connectivity index (χ2v) is 5.62. The number of benzene rings is 2. The summed E-state index contributed by atoms with van der Waals surface area (Å²) in [5.74, 6) is 0.749. The van der Waals surface area contributed by atoms with Crippen molar-refractivity contribution in [1.82, 2.24) is 19.5 Å². The van der Waals surface area contributed by atoms with E-state index in [4.69, 9.17) is 14.4 Å². The number of hydrogen-bond donors (Lipinski definition) is 2. The van der Waals surface area contributed by atoms with Gasteiger partial charge in [-0.25, -0.2) is 15.0 Å². The van der Waals surface area contributed by atoms with Crippen LogP contribution >= 0.6 is 8.25 Å². The fourth-order valence-electron chi connectivity index (χ4n) is 2.32. The fraction of sp³-hybridized carbons (Fsp3) is 0. The normalized spacial score (nSPS) is 10.5. The molecule has 2 aromatic carbocycles. The molecular formula is C17H15N4O3P. The first kappa shape index (κ1) is 17.0. The zero-order valence-electron chi connectivity index (χ0n) is 13.0. The molecule has 0 atom stereocenters. The minimum absolute atomic E-state index is 0.749. The molecule has 2 N–H and O–H groups in total. The number of aromatic nitrogens is 4. The van der Waals surface area contributed by atoms with Crippen molar-refractivity contribution in [3.63, 3.8) is 0 Å². The Bertz CT molecular complexity index is 987. The third kappa shape index (κ3) is 4.36. The molecule has 0 radical (unpaired) electrons. The number of nitrogens with zero attached hydrogens (tertiary/aromatic N) is 4. The third-order valence-electron chi connectivity index (χ3n) is 3.40. The first-order valence-corrected chi connectivity index (χ1v) is 8.66. The van der Waals surface area contributed by atoms with Gasteiger partial charge in [-0.15, -0.1) is 0 Å². The Morgan fingerprint density at radius 3 is 2.48 bits per heavy atom. The van der Waals surface area contributed by atoms with E-state index >= 15 is 0 Å². The largest absolute Gasteiger partial charge is 0.326 e. The SMILES string of the molecule is O=[PH](O)O.c1ccc(-c2ncc3cc(-n4ccnc4)ccc3n2)cc1. The van der Waals surface area contributed by atoms with Gasteiger partial charge in [0, 0.05) is 35.2 Å². The molecule has 0 bridgehead atoms. The molecule has 7 nitrogen and oxygen atoms in total. The molecule has 4 aromatic rings. The van der Waals surface area contributed by atoms with E-state index in [1.165, 1.54) is 0 Å². The summed E-state index contributed by atoms with van der Waals surface area (Å²) in [6.45, 7) is 0. The van der Waals surface area contributed by atoms with Crippen LogP contribution < -0.4 is 0 Å². The van der Waals surface area contributed by atoms with E-state index in [2.05, 4.69) is 21.0 Å². The monoisotopic (exact) mass is 354 g/mol. The summed E-state index contributed by atoms with van der Waals surface area (Å²) in [5, 5.41) is 1.01. The molecule has 0 spiro atoms. The molecule has 0 aliphatic rings. The highest BCUT2D eigenvalue weighted by Gasteiger charge is 2.04. The Morgan fingerprint density at radius 1 is 1.04 bits per heavy atom. The van der Waals surface area contributed by atoms with Crippen LogP contribution in [0.5, 0.6) is 0 Å². The second kappa shape index (κ2) is 7.81. The molecule has 0 aliphatic heterocycles. The number of rotatable bonds is 2. The quantitative estimate of drug-likeness (QED) is 0.537. The van der Waals surface area contributed by atoms with Crippen molar-refractivity contribution < 1.29 is 14.4 Å². The van der Waals surface area contributed by atoms with Crippen molar-refractivity contribution in [3.8, 4) is 17.1 Å². The van der Waals surface area contributed by atoms with E-state index in [1.807, 2.05) is 59.4 Å². The van der Waals surface area contributed by atoms with E-state index in [1.54, 1.807) is 12.5 Å². The smallest absolute Gasteiger partial charge is 0.314 e. The molecule has 4 rings (SSSR count). The molecule has 2 heterocycles. The van der Waals surface area contributed by atoms with Crippen molar-refractivity contribution in [2.24, 2.45) is 0 Å². The van der Waals surface area contributed by atoms with Gasteiger partial charge in [-0.2, -0.15) is 0 Å². The lowest BCUT2D eigenvalue weighted by molar-refractivity contribution is 0.405. The first-order valence-electron chi connectivity index (χ1n) is 7.36. The lowest BCUT2D eigenvalue weighted by atomic mass is 10.2. The number of hydrogen-bond acceptors (Lipinski definition) is 4.